The quantitative estimate of drug-likeness (QED) is 0.695. The van der Waals surface area contributed by atoms with Crippen molar-refractivity contribution in [3.63, 3.8) is 0 Å². The molecular weight excluding hydrogens is 256 g/mol. The Labute approximate surface area is 120 Å². The summed E-state index contributed by atoms with van der Waals surface area (Å²) in [5, 5.41) is 11.0. The number of hydrogen-bond donors (Lipinski definition) is 1. The first kappa shape index (κ1) is 16.6. The third-order valence-electron chi connectivity index (χ3n) is 2.59. The fraction of sp³-hybridized carbons (Fsp3) is 0.786. The van der Waals surface area contributed by atoms with Gasteiger partial charge in [-0.3, -0.25) is 4.79 Å². The van der Waals surface area contributed by atoms with Crippen molar-refractivity contribution in [2.24, 2.45) is 5.92 Å². The highest BCUT2D eigenvalue weighted by atomic mass is 16.5. The Morgan fingerprint density at radius 2 is 2.10 bits per heavy atom. The van der Waals surface area contributed by atoms with Crippen LogP contribution in [0.3, 0.4) is 0 Å². The van der Waals surface area contributed by atoms with E-state index in [-0.39, 0.29) is 11.9 Å². The van der Waals surface area contributed by atoms with Gasteiger partial charge in [-0.2, -0.15) is 0 Å². The van der Waals surface area contributed by atoms with E-state index in [9.17, 15) is 4.79 Å². The Balaban J connectivity index is 2.12. The van der Waals surface area contributed by atoms with Crippen molar-refractivity contribution in [1.29, 1.82) is 0 Å². The summed E-state index contributed by atoms with van der Waals surface area (Å²) in [6.07, 6.45) is 3.29. The molecule has 0 spiro atoms. The van der Waals surface area contributed by atoms with Gasteiger partial charge >= 0.3 is 0 Å². The van der Waals surface area contributed by atoms with Gasteiger partial charge in [0.15, 0.2) is 0 Å². The number of carbonyl (C=O) groups is 1. The molecule has 0 aliphatic rings. The monoisotopic (exact) mass is 282 g/mol. The minimum Gasteiger partial charge on any atom is -0.379 e. The molecule has 1 N–H and O–H groups in total. The molecule has 1 aromatic rings. The molecule has 6 nitrogen and oxygen atoms in total. The van der Waals surface area contributed by atoms with E-state index < -0.39 is 0 Å². The number of rotatable bonds is 9. The predicted molar refractivity (Wildman–Crippen MR) is 77.3 cm³/mol. The molecule has 0 saturated heterocycles. The van der Waals surface area contributed by atoms with Crippen LogP contribution in [0.2, 0.25) is 0 Å². The summed E-state index contributed by atoms with van der Waals surface area (Å²) in [6.45, 7) is 9.84. The van der Waals surface area contributed by atoms with E-state index in [1.807, 2.05) is 20.0 Å². The van der Waals surface area contributed by atoms with Gasteiger partial charge in [0, 0.05) is 18.7 Å². The molecule has 20 heavy (non-hydrogen) atoms. The minimum absolute atomic E-state index is 0.0278. The summed E-state index contributed by atoms with van der Waals surface area (Å²) < 4.78 is 7.21. The predicted octanol–water partition coefficient (Wildman–Crippen LogP) is 1.41. The number of hydrogen-bond acceptors (Lipinski definition) is 4. The van der Waals surface area contributed by atoms with E-state index >= 15 is 0 Å². The molecule has 1 amide bonds. The van der Waals surface area contributed by atoms with Gasteiger partial charge < -0.3 is 10.1 Å². The number of nitrogens with zero attached hydrogens (tertiary/aromatic N) is 3. The largest absolute Gasteiger partial charge is 0.379 e. The van der Waals surface area contributed by atoms with Crippen molar-refractivity contribution in [2.45, 2.75) is 53.1 Å². The Kier molecular flexibility index (Phi) is 7.22. The minimum atomic E-state index is 0.0278. The lowest BCUT2D eigenvalue weighted by atomic mass is 10.1. The molecule has 1 aromatic heterocycles. The van der Waals surface area contributed by atoms with E-state index in [0.29, 0.717) is 32.1 Å². The fourth-order valence-electron chi connectivity index (χ4n) is 1.78. The smallest absolute Gasteiger partial charge is 0.222 e. The molecule has 0 bridgehead atoms. The second-order valence-electron chi connectivity index (χ2n) is 5.66. The summed E-state index contributed by atoms with van der Waals surface area (Å²) in [7, 11) is 0. The molecule has 1 heterocycles. The SMILES string of the molecule is CC(C)Cc1cn(CCOCCC(=O)NC(C)C)nn1. The summed E-state index contributed by atoms with van der Waals surface area (Å²) in [4.78, 5) is 11.4. The van der Waals surface area contributed by atoms with Crippen LogP contribution in [0.4, 0.5) is 0 Å². The lowest BCUT2D eigenvalue weighted by Gasteiger charge is -2.08. The normalized spacial score (nSPS) is 11.3. The number of aromatic nitrogens is 3. The van der Waals surface area contributed by atoms with E-state index in [1.54, 1.807) is 4.68 Å². The van der Waals surface area contributed by atoms with Crippen molar-refractivity contribution < 1.29 is 9.53 Å². The highest BCUT2D eigenvalue weighted by Gasteiger charge is 2.04. The Morgan fingerprint density at radius 1 is 1.35 bits per heavy atom. The van der Waals surface area contributed by atoms with Crippen molar-refractivity contribution in [2.75, 3.05) is 13.2 Å². The van der Waals surface area contributed by atoms with Gasteiger partial charge in [0.2, 0.25) is 5.91 Å². The molecule has 0 aromatic carbocycles. The lowest BCUT2D eigenvalue weighted by molar-refractivity contribution is -0.122. The molecule has 1 rings (SSSR count). The fourth-order valence-corrected chi connectivity index (χ4v) is 1.78. The second-order valence-corrected chi connectivity index (χ2v) is 5.66. The van der Waals surface area contributed by atoms with Crippen LogP contribution in [-0.2, 0) is 22.5 Å². The molecule has 0 atom stereocenters. The molecule has 0 saturated carbocycles. The van der Waals surface area contributed by atoms with Crippen molar-refractivity contribution in [1.82, 2.24) is 20.3 Å². The average Bonchev–Trinajstić information content (AvgIpc) is 2.74. The lowest BCUT2D eigenvalue weighted by Crippen LogP contribution is -2.30. The number of carbonyl (C=O) groups excluding carboxylic acids is 1. The van der Waals surface area contributed by atoms with Gasteiger partial charge in [0.1, 0.15) is 0 Å². The first-order valence-electron chi connectivity index (χ1n) is 7.23. The van der Waals surface area contributed by atoms with Gasteiger partial charge in [-0.15, -0.1) is 5.10 Å². The maximum absolute atomic E-state index is 11.4. The van der Waals surface area contributed by atoms with Crippen LogP contribution in [0.25, 0.3) is 0 Å². The highest BCUT2D eigenvalue weighted by molar-refractivity contribution is 5.76. The molecular formula is C14H26N4O2. The van der Waals surface area contributed by atoms with Crippen LogP contribution in [0.15, 0.2) is 6.20 Å². The maximum Gasteiger partial charge on any atom is 0.222 e. The number of nitrogens with one attached hydrogen (secondary N) is 1. The van der Waals surface area contributed by atoms with Gasteiger partial charge in [-0.1, -0.05) is 19.1 Å². The van der Waals surface area contributed by atoms with E-state index in [1.165, 1.54) is 0 Å². The Morgan fingerprint density at radius 3 is 2.75 bits per heavy atom. The van der Waals surface area contributed by atoms with Crippen LogP contribution < -0.4 is 5.32 Å². The van der Waals surface area contributed by atoms with Gasteiger partial charge in [0.05, 0.1) is 25.5 Å². The summed E-state index contributed by atoms with van der Waals surface area (Å²) in [5.74, 6) is 0.607. The molecule has 0 radical (unpaired) electrons. The molecule has 0 aliphatic heterocycles. The molecule has 0 aliphatic carbocycles. The van der Waals surface area contributed by atoms with Crippen molar-refractivity contribution >= 4 is 5.91 Å². The van der Waals surface area contributed by atoms with Crippen LogP contribution in [0.1, 0.15) is 39.8 Å². The van der Waals surface area contributed by atoms with E-state index in [0.717, 1.165) is 12.1 Å². The van der Waals surface area contributed by atoms with Crippen molar-refractivity contribution in [3.8, 4) is 0 Å². The van der Waals surface area contributed by atoms with Gasteiger partial charge in [0.25, 0.3) is 0 Å². The van der Waals surface area contributed by atoms with E-state index in [2.05, 4.69) is 29.5 Å². The third-order valence-corrected chi connectivity index (χ3v) is 2.59. The van der Waals surface area contributed by atoms with E-state index in [4.69, 9.17) is 4.74 Å². The summed E-state index contributed by atoms with van der Waals surface area (Å²) in [5.41, 5.74) is 1.01. The van der Waals surface area contributed by atoms with Gasteiger partial charge in [-0.25, -0.2) is 4.68 Å². The zero-order valence-electron chi connectivity index (χ0n) is 12.9. The van der Waals surface area contributed by atoms with Crippen LogP contribution in [-0.4, -0.2) is 40.2 Å². The summed E-state index contributed by atoms with van der Waals surface area (Å²) in [6, 6.07) is 0.178. The Hall–Kier alpha value is -1.43. The average molecular weight is 282 g/mol. The highest BCUT2D eigenvalue weighted by Crippen LogP contribution is 2.03. The molecule has 0 fully saturated rings. The topological polar surface area (TPSA) is 69.0 Å². The first-order valence-corrected chi connectivity index (χ1v) is 7.23. The van der Waals surface area contributed by atoms with Gasteiger partial charge in [-0.05, 0) is 26.2 Å². The summed E-state index contributed by atoms with van der Waals surface area (Å²) >= 11 is 0. The van der Waals surface area contributed by atoms with Crippen LogP contribution in [0.5, 0.6) is 0 Å². The van der Waals surface area contributed by atoms with Crippen molar-refractivity contribution in [3.05, 3.63) is 11.9 Å². The molecule has 0 unspecified atom stereocenters. The molecule has 6 heteroatoms. The Bertz CT molecular complexity index is 402. The van der Waals surface area contributed by atoms with Crippen LogP contribution in [0, 0.1) is 5.92 Å². The van der Waals surface area contributed by atoms with Crippen LogP contribution >= 0.6 is 0 Å². The molecule has 114 valence electrons. The third kappa shape index (κ3) is 7.23. The number of ether oxygens (including phenoxy) is 1. The number of amides is 1. The standard InChI is InChI=1S/C14H26N4O2/c1-11(2)9-13-10-18(17-16-13)6-8-20-7-5-14(19)15-12(3)4/h10-12H,5-9H2,1-4H3,(H,15,19). The first-order chi connectivity index (χ1) is 9.47. The zero-order chi connectivity index (χ0) is 15.0. The second kappa shape index (κ2) is 8.68. The zero-order valence-corrected chi connectivity index (χ0v) is 12.9. The maximum atomic E-state index is 11.4.